The SMILES string of the molecule is Clc1ccccc1COc1ccc(C2=NCCS2)cc1Cl. The molecule has 108 valence electrons. The summed E-state index contributed by atoms with van der Waals surface area (Å²) in [6.07, 6.45) is 0. The van der Waals surface area contributed by atoms with E-state index in [9.17, 15) is 0 Å². The average molecular weight is 338 g/mol. The van der Waals surface area contributed by atoms with Gasteiger partial charge in [-0.3, -0.25) is 4.99 Å². The highest BCUT2D eigenvalue weighted by atomic mass is 35.5. The Kier molecular flexibility index (Phi) is 4.73. The van der Waals surface area contributed by atoms with Crippen LogP contribution >= 0.6 is 35.0 Å². The fraction of sp³-hybridized carbons (Fsp3) is 0.188. The van der Waals surface area contributed by atoms with Gasteiger partial charge in [-0.15, -0.1) is 11.8 Å². The van der Waals surface area contributed by atoms with E-state index in [0.29, 0.717) is 22.4 Å². The second kappa shape index (κ2) is 6.73. The maximum atomic E-state index is 6.29. The molecule has 0 saturated carbocycles. The first-order valence-electron chi connectivity index (χ1n) is 6.57. The molecule has 0 N–H and O–H groups in total. The Morgan fingerprint density at radius 3 is 2.67 bits per heavy atom. The first kappa shape index (κ1) is 14.8. The molecule has 0 radical (unpaired) electrons. The van der Waals surface area contributed by atoms with Crippen LogP contribution < -0.4 is 4.74 Å². The van der Waals surface area contributed by atoms with E-state index in [1.807, 2.05) is 42.5 Å². The number of nitrogens with zero attached hydrogens (tertiary/aromatic N) is 1. The highest BCUT2D eigenvalue weighted by Crippen LogP contribution is 2.29. The van der Waals surface area contributed by atoms with Gasteiger partial charge in [0.15, 0.2) is 0 Å². The summed E-state index contributed by atoms with van der Waals surface area (Å²) in [6.45, 7) is 1.27. The minimum absolute atomic E-state index is 0.397. The van der Waals surface area contributed by atoms with E-state index < -0.39 is 0 Å². The second-order valence-electron chi connectivity index (χ2n) is 4.56. The Hall–Kier alpha value is -1.16. The summed E-state index contributed by atoms with van der Waals surface area (Å²) in [5.41, 5.74) is 1.99. The molecule has 0 fully saturated rings. The average Bonchev–Trinajstić information content (AvgIpc) is 3.02. The molecule has 1 aliphatic heterocycles. The van der Waals surface area contributed by atoms with E-state index in [4.69, 9.17) is 27.9 Å². The lowest BCUT2D eigenvalue weighted by molar-refractivity contribution is 0.306. The predicted octanol–water partition coefficient (Wildman–Crippen LogP) is 5.07. The Balaban J connectivity index is 1.73. The molecule has 2 aromatic carbocycles. The molecule has 2 aromatic rings. The van der Waals surface area contributed by atoms with Gasteiger partial charge in [0.2, 0.25) is 0 Å². The van der Waals surface area contributed by atoms with E-state index in [-0.39, 0.29) is 0 Å². The van der Waals surface area contributed by atoms with E-state index in [2.05, 4.69) is 4.99 Å². The summed E-state index contributed by atoms with van der Waals surface area (Å²) in [5.74, 6) is 1.70. The van der Waals surface area contributed by atoms with Gasteiger partial charge in [-0.1, -0.05) is 41.4 Å². The van der Waals surface area contributed by atoms with E-state index >= 15 is 0 Å². The van der Waals surface area contributed by atoms with Crippen LogP contribution in [0.5, 0.6) is 5.75 Å². The van der Waals surface area contributed by atoms with Crippen LogP contribution in [0, 0.1) is 0 Å². The van der Waals surface area contributed by atoms with E-state index in [0.717, 1.165) is 28.5 Å². The molecule has 1 heterocycles. The highest BCUT2D eigenvalue weighted by Gasteiger charge is 2.12. The summed E-state index contributed by atoms with van der Waals surface area (Å²) >= 11 is 14.2. The number of benzene rings is 2. The van der Waals surface area contributed by atoms with Crippen LogP contribution in [-0.4, -0.2) is 17.3 Å². The van der Waals surface area contributed by atoms with Crippen LogP contribution in [0.15, 0.2) is 47.5 Å². The number of aliphatic imine (C=N–C) groups is 1. The Morgan fingerprint density at radius 2 is 1.95 bits per heavy atom. The Labute approximate surface area is 138 Å². The number of halogens is 2. The molecule has 5 heteroatoms. The first-order valence-corrected chi connectivity index (χ1v) is 8.31. The van der Waals surface area contributed by atoms with Crippen molar-refractivity contribution < 1.29 is 4.74 Å². The van der Waals surface area contributed by atoms with Crippen molar-refractivity contribution >= 4 is 40.0 Å². The maximum absolute atomic E-state index is 6.29. The quantitative estimate of drug-likeness (QED) is 0.777. The predicted molar refractivity (Wildman–Crippen MR) is 91.1 cm³/mol. The van der Waals surface area contributed by atoms with E-state index in [1.54, 1.807) is 11.8 Å². The molecular formula is C16H13Cl2NOS. The maximum Gasteiger partial charge on any atom is 0.138 e. The molecule has 3 rings (SSSR count). The van der Waals surface area contributed by atoms with Crippen molar-refractivity contribution in [3.8, 4) is 5.75 Å². The van der Waals surface area contributed by atoms with Crippen molar-refractivity contribution in [2.45, 2.75) is 6.61 Å². The monoisotopic (exact) mass is 337 g/mol. The van der Waals surface area contributed by atoms with Crippen molar-refractivity contribution in [2.24, 2.45) is 4.99 Å². The fourth-order valence-corrected chi connectivity index (χ4v) is 3.31. The molecule has 0 unspecified atom stereocenters. The van der Waals surface area contributed by atoms with Crippen molar-refractivity contribution in [3.63, 3.8) is 0 Å². The molecule has 0 saturated heterocycles. The van der Waals surface area contributed by atoms with Gasteiger partial charge < -0.3 is 4.74 Å². The standard InChI is InChI=1S/C16H13Cl2NOS/c17-13-4-2-1-3-12(13)10-20-15-6-5-11(9-14(15)18)16-19-7-8-21-16/h1-6,9H,7-8,10H2. The van der Waals surface area contributed by atoms with E-state index in [1.165, 1.54) is 0 Å². The van der Waals surface area contributed by atoms with Crippen LogP contribution in [0.2, 0.25) is 10.0 Å². The number of rotatable bonds is 4. The summed E-state index contributed by atoms with van der Waals surface area (Å²) < 4.78 is 5.76. The Bertz CT molecular complexity index is 688. The third-order valence-electron chi connectivity index (χ3n) is 3.11. The van der Waals surface area contributed by atoms with Crippen LogP contribution in [0.1, 0.15) is 11.1 Å². The van der Waals surface area contributed by atoms with Crippen molar-refractivity contribution in [2.75, 3.05) is 12.3 Å². The molecule has 1 aliphatic rings. The van der Waals surface area contributed by atoms with Gasteiger partial charge in [-0.25, -0.2) is 0 Å². The zero-order valence-corrected chi connectivity index (χ0v) is 13.5. The lowest BCUT2D eigenvalue weighted by atomic mass is 10.2. The van der Waals surface area contributed by atoms with Gasteiger partial charge >= 0.3 is 0 Å². The van der Waals surface area contributed by atoms with Gasteiger partial charge in [0.05, 0.1) is 10.1 Å². The number of hydrogen-bond donors (Lipinski definition) is 0. The largest absolute Gasteiger partial charge is 0.487 e. The summed E-state index contributed by atoms with van der Waals surface area (Å²) in [6, 6.07) is 13.4. The zero-order valence-electron chi connectivity index (χ0n) is 11.2. The minimum atomic E-state index is 0.397. The van der Waals surface area contributed by atoms with Crippen LogP contribution in [-0.2, 0) is 6.61 Å². The third-order valence-corrected chi connectivity index (χ3v) is 4.79. The van der Waals surface area contributed by atoms with Gasteiger partial charge in [0.1, 0.15) is 12.4 Å². The topological polar surface area (TPSA) is 21.6 Å². The smallest absolute Gasteiger partial charge is 0.138 e. The first-order chi connectivity index (χ1) is 10.2. The van der Waals surface area contributed by atoms with Gasteiger partial charge in [-0.2, -0.15) is 0 Å². The summed E-state index contributed by atoms with van der Waals surface area (Å²) in [5, 5.41) is 2.34. The molecule has 0 aliphatic carbocycles. The van der Waals surface area contributed by atoms with Crippen LogP contribution in [0.25, 0.3) is 0 Å². The number of ether oxygens (including phenoxy) is 1. The van der Waals surface area contributed by atoms with Gasteiger partial charge in [0.25, 0.3) is 0 Å². The third kappa shape index (κ3) is 3.54. The zero-order chi connectivity index (χ0) is 14.7. The number of thioether (sulfide) groups is 1. The molecule has 0 spiro atoms. The minimum Gasteiger partial charge on any atom is -0.487 e. The van der Waals surface area contributed by atoms with Gasteiger partial charge in [0, 0.05) is 28.4 Å². The van der Waals surface area contributed by atoms with Crippen molar-refractivity contribution in [3.05, 3.63) is 63.6 Å². The molecule has 0 bridgehead atoms. The normalized spacial score (nSPS) is 14.1. The number of hydrogen-bond acceptors (Lipinski definition) is 3. The van der Waals surface area contributed by atoms with Gasteiger partial charge in [-0.05, 0) is 24.3 Å². The highest BCUT2D eigenvalue weighted by molar-refractivity contribution is 8.14. The Morgan fingerprint density at radius 1 is 1.10 bits per heavy atom. The lowest BCUT2D eigenvalue weighted by Crippen LogP contribution is -1.98. The molecule has 21 heavy (non-hydrogen) atoms. The molecular weight excluding hydrogens is 325 g/mol. The van der Waals surface area contributed by atoms with Crippen LogP contribution in [0.4, 0.5) is 0 Å². The molecule has 0 amide bonds. The molecule has 0 atom stereocenters. The molecule has 2 nitrogen and oxygen atoms in total. The second-order valence-corrected chi connectivity index (χ2v) is 6.46. The molecule has 0 aromatic heterocycles. The van der Waals surface area contributed by atoms with Crippen LogP contribution in [0.3, 0.4) is 0 Å². The summed E-state index contributed by atoms with van der Waals surface area (Å²) in [4.78, 5) is 4.44. The fourth-order valence-electron chi connectivity index (χ4n) is 2.03. The summed E-state index contributed by atoms with van der Waals surface area (Å²) in [7, 11) is 0. The lowest BCUT2D eigenvalue weighted by Gasteiger charge is -2.10. The van der Waals surface area contributed by atoms with Crippen molar-refractivity contribution in [1.82, 2.24) is 0 Å². The van der Waals surface area contributed by atoms with Crippen molar-refractivity contribution in [1.29, 1.82) is 0 Å².